The van der Waals surface area contributed by atoms with E-state index in [1.54, 1.807) is 0 Å². The van der Waals surface area contributed by atoms with Crippen LogP contribution in [0.15, 0.2) is 18.5 Å². The van der Waals surface area contributed by atoms with E-state index in [0.717, 1.165) is 19.5 Å². The maximum Gasteiger partial charge on any atom is 0.0580 e. The maximum atomic E-state index is 9.73. The molecule has 0 spiro atoms. The summed E-state index contributed by atoms with van der Waals surface area (Å²) in [6.45, 7) is 1.97. The molecular formula is C12H20N2O. The van der Waals surface area contributed by atoms with Crippen LogP contribution >= 0.6 is 0 Å². The summed E-state index contributed by atoms with van der Waals surface area (Å²) in [6, 6.07) is 2.10. The van der Waals surface area contributed by atoms with E-state index in [9.17, 15) is 5.11 Å². The minimum Gasteiger partial charge on any atom is -0.393 e. The molecule has 0 radical (unpaired) electrons. The van der Waals surface area contributed by atoms with Gasteiger partial charge in [0.05, 0.1) is 6.10 Å². The van der Waals surface area contributed by atoms with Crippen molar-refractivity contribution >= 4 is 0 Å². The molecular weight excluding hydrogens is 188 g/mol. The lowest BCUT2D eigenvalue weighted by Crippen LogP contribution is -2.29. The minimum absolute atomic E-state index is 0.0707. The molecule has 15 heavy (non-hydrogen) atoms. The first-order valence-corrected chi connectivity index (χ1v) is 5.74. The molecule has 1 fully saturated rings. The van der Waals surface area contributed by atoms with E-state index in [1.807, 2.05) is 12.4 Å². The SMILES string of the molecule is CN(Cc1cc[nH]c1)CC1CCCC1O. The van der Waals surface area contributed by atoms with Crippen molar-refractivity contribution in [3.05, 3.63) is 24.0 Å². The Morgan fingerprint density at radius 3 is 3.00 bits per heavy atom. The quantitative estimate of drug-likeness (QED) is 0.789. The Balaban J connectivity index is 1.79. The van der Waals surface area contributed by atoms with Crippen LogP contribution in [0.1, 0.15) is 24.8 Å². The lowest BCUT2D eigenvalue weighted by molar-refractivity contribution is 0.108. The summed E-state index contributed by atoms with van der Waals surface area (Å²) >= 11 is 0. The van der Waals surface area contributed by atoms with Gasteiger partial charge in [0.2, 0.25) is 0 Å². The van der Waals surface area contributed by atoms with E-state index in [4.69, 9.17) is 0 Å². The van der Waals surface area contributed by atoms with Gasteiger partial charge in [-0.2, -0.15) is 0 Å². The van der Waals surface area contributed by atoms with Gasteiger partial charge in [0, 0.05) is 25.5 Å². The van der Waals surface area contributed by atoms with Crippen molar-refractivity contribution in [3.8, 4) is 0 Å². The first-order chi connectivity index (χ1) is 7.25. The molecule has 1 aromatic rings. The average Bonchev–Trinajstić information content (AvgIpc) is 2.79. The molecule has 0 amide bonds. The van der Waals surface area contributed by atoms with Crippen molar-refractivity contribution in [2.45, 2.75) is 31.9 Å². The third-order valence-corrected chi connectivity index (χ3v) is 3.28. The number of hydrogen-bond acceptors (Lipinski definition) is 2. The molecule has 0 saturated heterocycles. The van der Waals surface area contributed by atoms with Crippen molar-refractivity contribution in [2.24, 2.45) is 5.92 Å². The first-order valence-electron chi connectivity index (χ1n) is 5.74. The molecule has 1 heterocycles. The van der Waals surface area contributed by atoms with Crippen LogP contribution in [-0.2, 0) is 6.54 Å². The van der Waals surface area contributed by atoms with Crippen molar-refractivity contribution in [3.63, 3.8) is 0 Å². The summed E-state index contributed by atoms with van der Waals surface area (Å²) in [5.41, 5.74) is 1.31. The van der Waals surface area contributed by atoms with Gasteiger partial charge in [-0.25, -0.2) is 0 Å². The predicted octanol–water partition coefficient (Wildman–Crippen LogP) is 1.61. The first kappa shape index (κ1) is 10.7. The van der Waals surface area contributed by atoms with E-state index in [0.29, 0.717) is 5.92 Å². The number of aliphatic hydroxyl groups excluding tert-OH is 1. The Labute approximate surface area is 91.1 Å². The van der Waals surface area contributed by atoms with Gasteiger partial charge in [-0.15, -0.1) is 0 Å². The molecule has 0 aliphatic heterocycles. The van der Waals surface area contributed by atoms with Gasteiger partial charge in [0.25, 0.3) is 0 Å². The Bertz CT molecular complexity index is 284. The minimum atomic E-state index is -0.0707. The van der Waals surface area contributed by atoms with Crippen molar-refractivity contribution in [2.75, 3.05) is 13.6 Å². The van der Waals surface area contributed by atoms with Gasteiger partial charge in [0.15, 0.2) is 0 Å². The summed E-state index contributed by atoms with van der Waals surface area (Å²) in [5, 5.41) is 9.73. The lowest BCUT2D eigenvalue weighted by Gasteiger charge is -2.22. The number of rotatable bonds is 4. The smallest absolute Gasteiger partial charge is 0.0580 e. The van der Waals surface area contributed by atoms with Crippen molar-refractivity contribution < 1.29 is 5.11 Å². The number of nitrogens with zero attached hydrogens (tertiary/aromatic N) is 1. The van der Waals surface area contributed by atoms with Crippen molar-refractivity contribution in [1.82, 2.24) is 9.88 Å². The zero-order valence-electron chi connectivity index (χ0n) is 9.32. The fraction of sp³-hybridized carbons (Fsp3) is 0.667. The van der Waals surface area contributed by atoms with E-state index in [1.165, 1.54) is 18.4 Å². The zero-order chi connectivity index (χ0) is 10.7. The van der Waals surface area contributed by atoms with Gasteiger partial charge < -0.3 is 15.0 Å². The summed E-state index contributed by atoms with van der Waals surface area (Å²) in [4.78, 5) is 5.36. The van der Waals surface area contributed by atoms with Crippen LogP contribution in [0.2, 0.25) is 0 Å². The topological polar surface area (TPSA) is 39.3 Å². The zero-order valence-corrected chi connectivity index (χ0v) is 9.32. The van der Waals surface area contributed by atoms with Gasteiger partial charge in [0.1, 0.15) is 0 Å². The average molecular weight is 208 g/mol. The molecule has 84 valence electrons. The Hall–Kier alpha value is -0.800. The molecule has 2 rings (SSSR count). The highest BCUT2D eigenvalue weighted by atomic mass is 16.3. The third-order valence-electron chi connectivity index (χ3n) is 3.28. The Kier molecular flexibility index (Phi) is 3.44. The van der Waals surface area contributed by atoms with Crippen LogP contribution in [0.5, 0.6) is 0 Å². The van der Waals surface area contributed by atoms with Gasteiger partial charge in [-0.3, -0.25) is 0 Å². The largest absolute Gasteiger partial charge is 0.393 e. The summed E-state index contributed by atoms with van der Waals surface area (Å²) in [7, 11) is 2.12. The number of aromatic nitrogens is 1. The second kappa shape index (κ2) is 4.81. The van der Waals surface area contributed by atoms with Crippen LogP contribution in [0, 0.1) is 5.92 Å². The second-order valence-corrected chi connectivity index (χ2v) is 4.67. The second-order valence-electron chi connectivity index (χ2n) is 4.67. The molecule has 0 bridgehead atoms. The molecule has 0 aromatic carbocycles. The van der Waals surface area contributed by atoms with Crippen LogP contribution in [0.25, 0.3) is 0 Å². The van der Waals surface area contributed by atoms with Gasteiger partial charge >= 0.3 is 0 Å². The van der Waals surface area contributed by atoms with E-state index in [-0.39, 0.29) is 6.10 Å². The van der Waals surface area contributed by atoms with E-state index >= 15 is 0 Å². The Morgan fingerprint density at radius 2 is 2.40 bits per heavy atom. The Morgan fingerprint density at radius 1 is 1.53 bits per heavy atom. The fourth-order valence-electron chi connectivity index (χ4n) is 2.46. The molecule has 3 heteroatoms. The number of H-pyrrole nitrogens is 1. The summed E-state index contributed by atoms with van der Waals surface area (Å²) in [5.74, 6) is 0.481. The standard InChI is InChI=1S/C12H20N2O/c1-14(8-10-5-6-13-7-10)9-11-3-2-4-12(11)15/h5-7,11-13,15H,2-4,8-9H2,1H3. The third kappa shape index (κ3) is 2.83. The van der Waals surface area contributed by atoms with Crippen LogP contribution < -0.4 is 0 Å². The predicted molar refractivity (Wildman–Crippen MR) is 60.5 cm³/mol. The fourth-order valence-corrected chi connectivity index (χ4v) is 2.46. The number of nitrogens with one attached hydrogen (secondary N) is 1. The van der Waals surface area contributed by atoms with Crippen molar-refractivity contribution in [1.29, 1.82) is 0 Å². The van der Waals surface area contributed by atoms with Crippen LogP contribution in [-0.4, -0.2) is 34.7 Å². The van der Waals surface area contributed by atoms with Crippen LogP contribution in [0.4, 0.5) is 0 Å². The van der Waals surface area contributed by atoms with Gasteiger partial charge in [-0.05, 0) is 37.4 Å². The lowest BCUT2D eigenvalue weighted by atomic mass is 10.1. The molecule has 1 saturated carbocycles. The van der Waals surface area contributed by atoms with E-state index in [2.05, 4.69) is 23.0 Å². The summed E-state index contributed by atoms with van der Waals surface area (Å²) in [6.07, 6.45) is 7.26. The highest BCUT2D eigenvalue weighted by Crippen LogP contribution is 2.26. The normalized spacial score (nSPS) is 26.3. The maximum absolute atomic E-state index is 9.73. The van der Waals surface area contributed by atoms with Crippen LogP contribution in [0.3, 0.4) is 0 Å². The highest BCUT2D eigenvalue weighted by molar-refractivity contribution is 5.07. The molecule has 2 N–H and O–H groups in total. The van der Waals surface area contributed by atoms with E-state index < -0.39 is 0 Å². The molecule has 2 atom stereocenters. The molecule has 1 aliphatic carbocycles. The van der Waals surface area contributed by atoms with Gasteiger partial charge in [-0.1, -0.05) is 6.42 Å². The monoisotopic (exact) mass is 208 g/mol. The molecule has 1 aliphatic rings. The molecule has 2 unspecified atom stereocenters. The summed E-state index contributed by atoms with van der Waals surface area (Å²) < 4.78 is 0. The highest BCUT2D eigenvalue weighted by Gasteiger charge is 2.25. The number of aliphatic hydroxyl groups is 1. The number of hydrogen-bond donors (Lipinski definition) is 2. The molecule has 1 aromatic heterocycles. The number of aromatic amines is 1. The molecule has 3 nitrogen and oxygen atoms in total.